The summed E-state index contributed by atoms with van der Waals surface area (Å²) in [6.07, 6.45) is 3.80. The zero-order valence-electron chi connectivity index (χ0n) is 7.00. The fourth-order valence-corrected chi connectivity index (χ4v) is 1.65. The number of rotatable bonds is 7. The summed E-state index contributed by atoms with van der Waals surface area (Å²) in [4.78, 5) is 10.1. The van der Waals surface area contributed by atoms with E-state index in [1.54, 1.807) is 0 Å². The van der Waals surface area contributed by atoms with Crippen LogP contribution in [0.25, 0.3) is 0 Å². The molecule has 0 amide bonds. The van der Waals surface area contributed by atoms with Crippen molar-refractivity contribution in [3.05, 3.63) is 0 Å². The van der Waals surface area contributed by atoms with E-state index in [2.05, 4.69) is 12.6 Å². The SMILES string of the molecule is O=C(O)CCCC[C@@H](S)CCCl. The third-order valence-electron chi connectivity index (χ3n) is 1.62. The molecule has 0 saturated carbocycles. The molecule has 1 N–H and O–H groups in total. The molecule has 12 heavy (non-hydrogen) atoms. The second kappa shape index (κ2) is 7.74. The third kappa shape index (κ3) is 8.21. The molecule has 0 rings (SSSR count). The summed E-state index contributed by atoms with van der Waals surface area (Å²) >= 11 is 9.82. The predicted molar refractivity (Wildman–Crippen MR) is 54.2 cm³/mol. The summed E-state index contributed by atoms with van der Waals surface area (Å²) in [6, 6.07) is 0. The molecule has 0 bridgehead atoms. The summed E-state index contributed by atoms with van der Waals surface area (Å²) in [6.45, 7) is 0. The molecule has 0 radical (unpaired) electrons. The quantitative estimate of drug-likeness (QED) is 0.385. The molecule has 0 spiro atoms. The number of unbranched alkanes of at least 4 members (excludes halogenated alkanes) is 1. The molecule has 0 heterocycles. The molecule has 0 aromatic carbocycles. The van der Waals surface area contributed by atoms with Crippen LogP contribution >= 0.6 is 24.2 Å². The van der Waals surface area contributed by atoms with Gasteiger partial charge in [-0.1, -0.05) is 6.42 Å². The van der Waals surface area contributed by atoms with Crippen molar-refractivity contribution >= 4 is 30.2 Å². The summed E-state index contributed by atoms with van der Waals surface area (Å²) in [7, 11) is 0. The largest absolute Gasteiger partial charge is 0.481 e. The van der Waals surface area contributed by atoms with Crippen LogP contribution in [0.15, 0.2) is 0 Å². The highest BCUT2D eigenvalue weighted by Crippen LogP contribution is 2.12. The van der Waals surface area contributed by atoms with Crippen molar-refractivity contribution in [1.29, 1.82) is 0 Å². The molecule has 0 unspecified atom stereocenters. The minimum atomic E-state index is -0.719. The lowest BCUT2D eigenvalue weighted by Crippen LogP contribution is -2.00. The molecular weight excluding hydrogens is 196 g/mol. The summed E-state index contributed by atoms with van der Waals surface area (Å²) < 4.78 is 0. The van der Waals surface area contributed by atoms with Crippen LogP contribution in [0.1, 0.15) is 32.1 Å². The number of halogens is 1. The molecular formula is C8H15ClO2S. The van der Waals surface area contributed by atoms with Gasteiger partial charge < -0.3 is 5.11 Å². The van der Waals surface area contributed by atoms with E-state index in [9.17, 15) is 4.79 Å². The second-order valence-electron chi connectivity index (χ2n) is 2.77. The smallest absolute Gasteiger partial charge is 0.303 e. The Morgan fingerprint density at radius 2 is 2.08 bits per heavy atom. The zero-order valence-corrected chi connectivity index (χ0v) is 8.65. The van der Waals surface area contributed by atoms with E-state index in [0.717, 1.165) is 25.7 Å². The standard InChI is InChI=1S/C8H15ClO2S/c9-6-5-7(12)3-1-2-4-8(10)11/h7,12H,1-6H2,(H,10,11)/t7-/m1/s1. The number of carboxylic acid groups (broad SMARTS) is 1. The molecule has 72 valence electrons. The van der Waals surface area contributed by atoms with Crippen LogP contribution in [0.4, 0.5) is 0 Å². The first-order valence-corrected chi connectivity index (χ1v) is 5.17. The van der Waals surface area contributed by atoms with Crippen LogP contribution in [0.2, 0.25) is 0 Å². The minimum Gasteiger partial charge on any atom is -0.481 e. The fraction of sp³-hybridized carbons (Fsp3) is 0.875. The van der Waals surface area contributed by atoms with Gasteiger partial charge in [-0.3, -0.25) is 4.79 Å². The number of thiol groups is 1. The average molecular weight is 211 g/mol. The van der Waals surface area contributed by atoms with E-state index >= 15 is 0 Å². The molecule has 0 aromatic heterocycles. The molecule has 2 nitrogen and oxygen atoms in total. The topological polar surface area (TPSA) is 37.3 Å². The first kappa shape index (κ1) is 12.1. The Morgan fingerprint density at radius 1 is 1.42 bits per heavy atom. The van der Waals surface area contributed by atoms with Gasteiger partial charge in [0.25, 0.3) is 0 Å². The molecule has 0 aliphatic carbocycles. The third-order valence-corrected chi connectivity index (χ3v) is 2.35. The number of aliphatic carboxylic acids is 1. The van der Waals surface area contributed by atoms with Gasteiger partial charge in [0.15, 0.2) is 0 Å². The van der Waals surface area contributed by atoms with Gasteiger partial charge in [-0.15, -0.1) is 11.6 Å². The van der Waals surface area contributed by atoms with Crippen molar-refractivity contribution in [3.63, 3.8) is 0 Å². The normalized spacial score (nSPS) is 12.8. The Bertz CT molecular complexity index is 130. The minimum absolute atomic E-state index is 0.265. The Morgan fingerprint density at radius 3 is 2.58 bits per heavy atom. The van der Waals surface area contributed by atoms with Gasteiger partial charge in [0.2, 0.25) is 0 Å². The van der Waals surface area contributed by atoms with Gasteiger partial charge in [-0.25, -0.2) is 0 Å². The number of carbonyl (C=O) groups is 1. The molecule has 0 aliphatic rings. The monoisotopic (exact) mass is 210 g/mol. The van der Waals surface area contributed by atoms with E-state index < -0.39 is 5.97 Å². The first-order chi connectivity index (χ1) is 5.66. The predicted octanol–water partition coefficient (Wildman–Crippen LogP) is 2.56. The van der Waals surface area contributed by atoms with E-state index in [1.165, 1.54) is 0 Å². The van der Waals surface area contributed by atoms with E-state index in [4.69, 9.17) is 16.7 Å². The number of carboxylic acids is 1. The number of hydrogen-bond acceptors (Lipinski definition) is 2. The van der Waals surface area contributed by atoms with Crippen molar-refractivity contribution in [2.45, 2.75) is 37.4 Å². The first-order valence-electron chi connectivity index (χ1n) is 4.12. The van der Waals surface area contributed by atoms with Crippen LogP contribution in [0.3, 0.4) is 0 Å². The lowest BCUT2D eigenvalue weighted by molar-refractivity contribution is -0.137. The van der Waals surface area contributed by atoms with E-state index in [0.29, 0.717) is 11.1 Å². The van der Waals surface area contributed by atoms with Gasteiger partial charge in [0.05, 0.1) is 0 Å². The second-order valence-corrected chi connectivity index (χ2v) is 3.88. The van der Waals surface area contributed by atoms with Crippen molar-refractivity contribution in [2.24, 2.45) is 0 Å². The summed E-state index contributed by atoms with van der Waals surface area (Å²) in [5, 5.41) is 8.67. The van der Waals surface area contributed by atoms with Crippen molar-refractivity contribution in [1.82, 2.24) is 0 Å². The van der Waals surface area contributed by atoms with Crippen molar-refractivity contribution < 1.29 is 9.90 Å². The lowest BCUT2D eigenvalue weighted by atomic mass is 10.1. The highest BCUT2D eigenvalue weighted by molar-refractivity contribution is 7.80. The van der Waals surface area contributed by atoms with Crippen LogP contribution in [-0.2, 0) is 4.79 Å². The highest BCUT2D eigenvalue weighted by Gasteiger charge is 2.02. The Hall–Kier alpha value is 0.110. The Balaban J connectivity index is 3.13. The van der Waals surface area contributed by atoms with Crippen molar-refractivity contribution in [3.8, 4) is 0 Å². The molecule has 0 saturated heterocycles. The molecule has 4 heteroatoms. The van der Waals surface area contributed by atoms with Gasteiger partial charge in [0.1, 0.15) is 0 Å². The van der Waals surface area contributed by atoms with Crippen LogP contribution < -0.4 is 0 Å². The summed E-state index contributed by atoms with van der Waals surface area (Å²) in [5.41, 5.74) is 0. The molecule has 0 aliphatic heterocycles. The number of alkyl halides is 1. The average Bonchev–Trinajstić information content (AvgIpc) is 1.98. The van der Waals surface area contributed by atoms with E-state index in [-0.39, 0.29) is 6.42 Å². The fourth-order valence-electron chi connectivity index (χ4n) is 0.926. The lowest BCUT2D eigenvalue weighted by Gasteiger charge is -2.06. The maximum Gasteiger partial charge on any atom is 0.303 e. The van der Waals surface area contributed by atoms with Gasteiger partial charge in [-0.2, -0.15) is 12.6 Å². The molecule has 1 atom stereocenters. The highest BCUT2D eigenvalue weighted by atomic mass is 35.5. The van der Waals surface area contributed by atoms with Crippen LogP contribution in [0, 0.1) is 0 Å². The van der Waals surface area contributed by atoms with Gasteiger partial charge in [-0.05, 0) is 19.3 Å². The van der Waals surface area contributed by atoms with E-state index in [1.807, 2.05) is 0 Å². The van der Waals surface area contributed by atoms with Gasteiger partial charge >= 0.3 is 5.97 Å². The van der Waals surface area contributed by atoms with Crippen LogP contribution in [-0.4, -0.2) is 22.2 Å². The van der Waals surface area contributed by atoms with Crippen molar-refractivity contribution in [2.75, 3.05) is 5.88 Å². The van der Waals surface area contributed by atoms with Crippen LogP contribution in [0.5, 0.6) is 0 Å². The van der Waals surface area contributed by atoms with Gasteiger partial charge in [0, 0.05) is 17.6 Å². The Kier molecular flexibility index (Phi) is 7.81. The summed E-state index contributed by atoms with van der Waals surface area (Å²) in [5.74, 6) is -0.0874. The maximum absolute atomic E-state index is 10.1. The number of hydrogen-bond donors (Lipinski definition) is 2. The molecule has 0 aromatic rings. The zero-order chi connectivity index (χ0) is 9.40. The molecule has 0 fully saturated rings. The maximum atomic E-state index is 10.1. The Labute approximate surface area is 83.7 Å².